The summed E-state index contributed by atoms with van der Waals surface area (Å²) in [5, 5.41) is 7.00. The first-order valence-electron chi connectivity index (χ1n) is 9.51. The first kappa shape index (κ1) is 19.0. The lowest BCUT2D eigenvalue weighted by molar-refractivity contribution is 0.102. The Balaban J connectivity index is 1.63. The van der Waals surface area contributed by atoms with Gasteiger partial charge in [0.2, 0.25) is 0 Å². The fourth-order valence-electron chi connectivity index (χ4n) is 3.40. The molecule has 0 saturated carbocycles. The van der Waals surface area contributed by atoms with E-state index < -0.39 is 0 Å². The van der Waals surface area contributed by atoms with Gasteiger partial charge in [0.05, 0.1) is 0 Å². The van der Waals surface area contributed by atoms with E-state index in [0.29, 0.717) is 35.9 Å². The Hall–Kier alpha value is -3.35. The van der Waals surface area contributed by atoms with Gasteiger partial charge < -0.3 is 14.8 Å². The number of carbonyl (C=O) groups excluding carboxylic acids is 1. The lowest BCUT2D eigenvalue weighted by Crippen LogP contribution is -2.24. The van der Waals surface area contributed by atoms with Crippen LogP contribution in [0.4, 0.5) is 5.82 Å². The number of carbonyl (C=O) groups is 1. The van der Waals surface area contributed by atoms with Crippen LogP contribution in [-0.2, 0) is 20.1 Å². The van der Waals surface area contributed by atoms with Gasteiger partial charge in [0.25, 0.3) is 5.91 Å². The molecule has 3 aromatic rings. The monoisotopic (exact) mass is 392 g/mol. The van der Waals surface area contributed by atoms with Crippen molar-refractivity contribution in [1.82, 2.24) is 14.8 Å². The van der Waals surface area contributed by atoms with Crippen molar-refractivity contribution in [2.45, 2.75) is 39.4 Å². The molecule has 1 N–H and O–H groups in total. The zero-order valence-corrected chi connectivity index (χ0v) is 17.0. The highest BCUT2D eigenvalue weighted by molar-refractivity contribution is 6.04. The lowest BCUT2D eigenvalue weighted by Gasteiger charge is -2.16. The van der Waals surface area contributed by atoms with E-state index in [1.54, 1.807) is 42.3 Å². The standard InChI is InChI=1S/C22H24N4O3/c1-14-15(6-5-8-23-14)13-28-18-10-16(11-19-17(18)12-22(2,3)29-19)21(27)24-20-7-9-26(4)25-20/h5-11H,12-13H2,1-4H3,(H,24,25,27). The summed E-state index contributed by atoms with van der Waals surface area (Å²) in [5.74, 6) is 1.57. The molecule has 0 aliphatic carbocycles. The van der Waals surface area contributed by atoms with Crippen molar-refractivity contribution in [2.75, 3.05) is 5.32 Å². The van der Waals surface area contributed by atoms with Gasteiger partial charge in [-0.15, -0.1) is 0 Å². The van der Waals surface area contributed by atoms with Gasteiger partial charge >= 0.3 is 0 Å². The molecule has 0 spiro atoms. The molecule has 0 bridgehead atoms. The molecule has 7 heteroatoms. The maximum absolute atomic E-state index is 12.8. The fraction of sp³-hybridized carbons (Fsp3) is 0.318. The largest absolute Gasteiger partial charge is 0.488 e. The third-order valence-electron chi connectivity index (χ3n) is 4.87. The third kappa shape index (κ3) is 4.08. The highest BCUT2D eigenvalue weighted by Gasteiger charge is 2.33. The van der Waals surface area contributed by atoms with Crippen LogP contribution in [0.2, 0.25) is 0 Å². The lowest BCUT2D eigenvalue weighted by atomic mass is 9.99. The third-order valence-corrected chi connectivity index (χ3v) is 4.87. The minimum atomic E-state index is -0.346. The molecule has 150 valence electrons. The number of pyridine rings is 1. The van der Waals surface area contributed by atoms with Crippen LogP contribution in [0, 0.1) is 6.92 Å². The second kappa shape index (κ2) is 7.24. The SMILES string of the molecule is Cc1ncccc1COc1cc(C(=O)Nc2ccn(C)n2)cc2c1CC(C)(C)O2. The average Bonchev–Trinajstić information content (AvgIpc) is 3.21. The Morgan fingerprint density at radius 2 is 2.17 bits per heavy atom. The van der Waals surface area contributed by atoms with Crippen LogP contribution in [0.3, 0.4) is 0 Å². The molecule has 1 aliphatic heterocycles. The number of ether oxygens (including phenoxy) is 2. The molecule has 0 atom stereocenters. The molecule has 1 aliphatic rings. The van der Waals surface area contributed by atoms with E-state index in [0.717, 1.165) is 16.8 Å². The number of nitrogens with one attached hydrogen (secondary N) is 1. The van der Waals surface area contributed by atoms with Gasteiger partial charge in [-0.25, -0.2) is 0 Å². The van der Waals surface area contributed by atoms with Gasteiger partial charge in [-0.2, -0.15) is 5.10 Å². The molecular weight excluding hydrogens is 368 g/mol. The molecular formula is C22H24N4O3. The van der Waals surface area contributed by atoms with Crippen molar-refractivity contribution in [1.29, 1.82) is 0 Å². The second-order valence-corrected chi connectivity index (χ2v) is 7.85. The van der Waals surface area contributed by atoms with E-state index in [2.05, 4.69) is 15.4 Å². The minimum absolute atomic E-state index is 0.262. The molecule has 7 nitrogen and oxygen atoms in total. The maximum Gasteiger partial charge on any atom is 0.257 e. The molecule has 0 radical (unpaired) electrons. The van der Waals surface area contributed by atoms with Gasteiger partial charge in [-0.3, -0.25) is 14.5 Å². The quantitative estimate of drug-likeness (QED) is 0.717. The number of fused-ring (bicyclic) bond motifs is 1. The summed E-state index contributed by atoms with van der Waals surface area (Å²) in [6.45, 7) is 6.37. The molecule has 0 fully saturated rings. The van der Waals surface area contributed by atoms with Gasteiger partial charge in [0.15, 0.2) is 5.82 Å². The number of aryl methyl sites for hydroxylation is 2. The van der Waals surface area contributed by atoms with E-state index in [4.69, 9.17) is 9.47 Å². The second-order valence-electron chi connectivity index (χ2n) is 7.85. The first-order valence-corrected chi connectivity index (χ1v) is 9.51. The Bertz CT molecular complexity index is 1070. The number of rotatable bonds is 5. The molecule has 3 heterocycles. The number of hydrogen-bond acceptors (Lipinski definition) is 5. The Kier molecular flexibility index (Phi) is 4.74. The van der Waals surface area contributed by atoms with Crippen molar-refractivity contribution < 1.29 is 14.3 Å². The highest BCUT2D eigenvalue weighted by Crippen LogP contribution is 2.42. The van der Waals surface area contributed by atoms with Gasteiger partial charge in [-0.05, 0) is 39.0 Å². The van der Waals surface area contributed by atoms with E-state index in [-0.39, 0.29) is 11.5 Å². The van der Waals surface area contributed by atoms with Crippen molar-refractivity contribution >= 4 is 11.7 Å². The summed E-state index contributed by atoms with van der Waals surface area (Å²) in [6.07, 6.45) is 4.25. The Morgan fingerprint density at radius 3 is 2.90 bits per heavy atom. The predicted molar refractivity (Wildman–Crippen MR) is 109 cm³/mol. The highest BCUT2D eigenvalue weighted by atomic mass is 16.5. The number of benzene rings is 1. The first-order chi connectivity index (χ1) is 13.8. The molecule has 29 heavy (non-hydrogen) atoms. The Morgan fingerprint density at radius 1 is 1.34 bits per heavy atom. The number of hydrogen-bond donors (Lipinski definition) is 1. The van der Waals surface area contributed by atoms with Crippen LogP contribution in [-0.4, -0.2) is 26.3 Å². The minimum Gasteiger partial charge on any atom is -0.488 e. The molecule has 2 aromatic heterocycles. The molecule has 1 amide bonds. The summed E-state index contributed by atoms with van der Waals surface area (Å²) in [7, 11) is 1.80. The van der Waals surface area contributed by atoms with Crippen LogP contribution in [0.1, 0.15) is 41.0 Å². The van der Waals surface area contributed by atoms with Gasteiger partial charge in [-0.1, -0.05) is 6.07 Å². The predicted octanol–water partition coefficient (Wildman–Crippen LogP) is 3.67. The van der Waals surface area contributed by atoms with Crippen LogP contribution in [0.15, 0.2) is 42.7 Å². The number of aromatic nitrogens is 3. The molecule has 4 rings (SSSR count). The van der Waals surface area contributed by atoms with Crippen molar-refractivity contribution in [3.05, 3.63) is 65.1 Å². The normalized spacial score (nSPS) is 14.2. The number of nitrogens with zero attached hydrogens (tertiary/aromatic N) is 3. The summed E-state index contributed by atoms with van der Waals surface area (Å²) in [5.41, 5.74) is 3.02. The Labute approximate surface area is 169 Å². The zero-order valence-electron chi connectivity index (χ0n) is 17.0. The van der Waals surface area contributed by atoms with E-state index in [1.807, 2.05) is 32.9 Å². The molecule has 0 saturated heterocycles. The average molecular weight is 392 g/mol. The topological polar surface area (TPSA) is 78.3 Å². The van der Waals surface area contributed by atoms with Crippen LogP contribution in [0.25, 0.3) is 0 Å². The van der Waals surface area contributed by atoms with E-state index in [1.165, 1.54) is 0 Å². The summed E-state index contributed by atoms with van der Waals surface area (Å²) < 4.78 is 13.8. The van der Waals surface area contributed by atoms with Crippen molar-refractivity contribution in [3.8, 4) is 11.5 Å². The summed E-state index contributed by atoms with van der Waals surface area (Å²) in [4.78, 5) is 17.1. The van der Waals surface area contributed by atoms with Crippen LogP contribution < -0.4 is 14.8 Å². The van der Waals surface area contributed by atoms with Crippen molar-refractivity contribution in [3.63, 3.8) is 0 Å². The van der Waals surface area contributed by atoms with Crippen LogP contribution >= 0.6 is 0 Å². The zero-order chi connectivity index (χ0) is 20.6. The molecule has 0 unspecified atom stereocenters. The summed E-state index contributed by atoms with van der Waals surface area (Å²) in [6, 6.07) is 9.16. The van der Waals surface area contributed by atoms with Gasteiger partial charge in [0, 0.05) is 54.3 Å². The van der Waals surface area contributed by atoms with Gasteiger partial charge in [0.1, 0.15) is 23.7 Å². The maximum atomic E-state index is 12.8. The fourth-order valence-corrected chi connectivity index (χ4v) is 3.40. The van der Waals surface area contributed by atoms with Crippen LogP contribution in [0.5, 0.6) is 11.5 Å². The number of anilines is 1. The number of amides is 1. The molecule has 1 aromatic carbocycles. The van der Waals surface area contributed by atoms with E-state index in [9.17, 15) is 4.79 Å². The van der Waals surface area contributed by atoms with E-state index >= 15 is 0 Å². The summed E-state index contributed by atoms with van der Waals surface area (Å²) >= 11 is 0. The smallest absolute Gasteiger partial charge is 0.257 e. The van der Waals surface area contributed by atoms with Crippen molar-refractivity contribution in [2.24, 2.45) is 7.05 Å².